The van der Waals surface area contributed by atoms with Gasteiger partial charge in [0.2, 0.25) is 0 Å². The molecule has 1 aromatic heterocycles. The number of nitrogen functional groups attached to an aromatic ring is 1. The Kier molecular flexibility index (Phi) is 15.0. The maximum atomic E-state index is 14.9. The van der Waals surface area contributed by atoms with Gasteiger partial charge >= 0.3 is 5.97 Å². The molecular weight excluding hydrogens is 751 g/mol. The number of hydrogen-bond acceptors (Lipinski definition) is 14. The van der Waals surface area contributed by atoms with E-state index in [1.54, 1.807) is 14.2 Å². The summed E-state index contributed by atoms with van der Waals surface area (Å²) in [5, 5.41) is 12.0. The molecule has 16 atom stereocenters. The number of methoxy groups -OCH3 is 3. The lowest BCUT2D eigenvalue weighted by molar-refractivity contribution is -0.236. The molecular formula is C43H69N3O10S. The van der Waals surface area contributed by atoms with E-state index in [9.17, 15) is 14.7 Å². The number of rotatable bonds is 13. The van der Waals surface area contributed by atoms with E-state index in [1.807, 2.05) is 27.7 Å². The van der Waals surface area contributed by atoms with E-state index in [0.29, 0.717) is 48.9 Å². The molecule has 13 nitrogen and oxygen atoms in total. The van der Waals surface area contributed by atoms with E-state index in [2.05, 4.69) is 32.0 Å². The number of allylic oxidation sites excluding steroid dienone is 2. The van der Waals surface area contributed by atoms with Gasteiger partial charge in [-0.15, -0.1) is 11.3 Å². The van der Waals surface area contributed by atoms with Crippen LogP contribution in [0.1, 0.15) is 115 Å². The quantitative estimate of drug-likeness (QED) is 0.181. The van der Waals surface area contributed by atoms with E-state index in [0.717, 1.165) is 29.8 Å². The second kappa shape index (κ2) is 19.1. The first-order valence-electron chi connectivity index (χ1n) is 21.3. The predicted octanol–water partition coefficient (Wildman–Crippen LogP) is 5.83. The van der Waals surface area contributed by atoms with Gasteiger partial charge in [0.15, 0.2) is 23.5 Å². The Hall–Kier alpha value is -2.01. The standard InChI is InChI=1S/C43H69N3O10S/c1-11-24-13-12-14-32(56-34-16-15-31(46(6)7)23(5)53-34)22(4)37(48)29-19-27-26-17-25(55-42(49)40(52-10)39(51-9)38(50-8)21(2)3)18-30(26)41-36(45-43(44)57-41)35(27)28(29)20-33(47)54-24/h19,21-28,30-32,34-35,38-40,42,49H,11-18,20H2,1-10H3,(H2,44,45)/t22-,23?,24+,25+,26+,27+,28-,30-,31+,32+,34+,35-,38?,39?,40?,42?/m1/s1. The summed E-state index contributed by atoms with van der Waals surface area (Å²) in [6, 6.07) is 0.307. The second-order valence-electron chi connectivity index (χ2n) is 17.7. The van der Waals surface area contributed by atoms with Crippen molar-refractivity contribution < 1.29 is 47.9 Å². The Bertz CT molecular complexity index is 1550. The Labute approximate surface area is 343 Å². The zero-order valence-electron chi connectivity index (χ0n) is 35.8. The Morgan fingerprint density at radius 2 is 1.72 bits per heavy atom. The van der Waals surface area contributed by atoms with Gasteiger partial charge in [-0.2, -0.15) is 0 Å². The van der Waals surface area contributed by atoms with Gasteiger partial charge in [0, 0.05) is 55.9 Å². The van der Waals surface area contributed by atoms with Crippen LogP contribution in [0.25, 0.3) is 0 Å². The molecule has 3 aliphatic carbocycles. The Morgan fingerprint density at radius 3 is 2.35 bits per heavy atom. The van der Waals surface area contributed by atoms with Gasteiger partial charge in [-0.1, -0.05) is 33.8 Å². The monoisotopic (exact) mass is 819 g/mol. The third-order valence-electron chi connectivity index (χ3n) is 13.8. The summed E-state index contributed by atoms with van der Waals surface area (Å²) in [6.45, 7) is 10.2. The third-order valence-corrected chi connectivity index (χ3v) is 14.8. The zero-order valence-corrected chi connectivity index (χ0v) is 36.6. The molecule has 3 N–H and O–H groups in total. The third kappa shape index (κ3) is 9.34. The van der Waals surface area contributed by atoms with Crippen LogP contribution in [0, 0.1) is 29.6 Å². The van der Waals surface area contributed by atoms with E-state index in [4.69, 9.17) is 43.9 Å². The Morgan fingerprint density at radius 1 is 1.00 bits per heavy atom. The molecule has 0 aromatic carbocycles. The van der Waals surface area contributed by atoms with Gasteiger partial charge in [-0.05, 0) is 95.7 Å². The maximum Gasteiger partial charge on any atom is 0.306 e. The van der Waals surface area contributed by atoms with Crippen LogP contribution in [-0.4, -0.2) is 124 Å². The molecule has 14 heteroatoms. The molecule has 1 saturated carbocycles. The van der Waals surface area contributed by atoms with Crippen molar-refractivity contribution in [2.24, 2.45) is 29.6 Å². The summed E-state index contributed by atoms with van der Waals surface area (Å²) in [5.41, 5.74) is 7.99. The van der Waals surface area contributed by atoms with Crippen LogP contribution in [-0.2, 0) is 42.7 Å². The number of carbonyl (C=O) groups is 2. The fourth-order valence-corrected chi connectivity index (χ4v) is 12.0. The molecule has 0 amide bonds. The summed E-state index contributed by atoms with van der Waals surface area (Å²) in [6.07, 6.45) is 3.84. The molecule has 2 saturated heterocycles. The lowest BCUT2D eigenvalue weighted by atomic mass is 9.67. The van der Waals surface area contributed by atoms with Crippen LogP contribution in [0.2, 0.25) is 0 Å². The van der Waals surface area contributed by atoms with Crippen molar-refractivity contribution in [1.82, 2.24) is 9.88 Å². The fraction of sp³-hybridized carbons (Fsp3) is 0.837. The zero-order chi connectivity index (χ0) is 41.3. The van der Waals surface area contributed by atoms with Gasteiger partial charge in [0.25, 0.3) is 0 Å². The first kappa shape index (κ1) is 44.5. The van der Waals surface area contributed by atoms with Crippen molar-refractivity contribution in [2.75, 3.05) is 41.2 Å². The molecule has 5 unspecified atom stereocenters. The second-order valence-corrected chi connectivity index (χ2v) is 18.8. The number of likely N-dealkylation sites (N-methyl/N-ethyl adjacent to an activating group) is 1. The maximum absolute atomic E-state index is 14.9. The molecule has 1 aromatic rings. The summed E-state index contributed by atoms with van der Waals surface area (Å²) >= 11 is 1.48. The van der Waals surface area contributed by atoms with Gasteiger partial charge in [-0.25, -0.2) is 4.98 Å². The molecule has 57 heavy (non-hydrogen) atoms. The number of ketones is 1. The molecule has 6 rings (SSSR count). The molecule has 322 valence electrons. The Balaban J connectivity index is 1.29. The largest absolute Gasteiger partial charge is 0.462 e. The summed E-state index contributed by atoms with van der Waals surface area (Å²) in [5.74, 6) is -1.21. The van der Waals surface area contributed by atoms with Gasteiger partial charge < -0.3 is 48.9 Å². The van der Waals surface area contributed by atoms with E-state index < -0.39 is 36.6 Å². The molecule has 3 heterocycles. The summed E-state index contributed by atoms with van der Waals surface area (Å²) < 4.78 is 43.1. The van der Waals surface area contributed by atoms with Crippen molar-refractivity contribution in [2.45, 2.75) is 166 Å². The molecule has 3 fully saturated rings. The number of aromatic nitrogens is 1. The number of thiazole rings is 1. The molecule has 2 aliphatic heterocycles. The number of carbonyl (C=O) groups excluding carboxylic acids is 2. The highest BCUT2D eigenvalue weighted by molar-refractivity contribution is 7.15. The number of nitrogens with two attached hydrogens (primary N) is 1. The number of nitrogens with zero attached hydrogens (tertiary/aromatic N) is 2. The minimum atomic E-state index is -1.27. The lowest BCUT2D eigenvalue weighted by Crippen LogP contribution is -2.50. The smallest absolute Gasteiger partial charge is 0.306 e. The fourth-order valence-electron chi connectivity index (χ4n) is 10.9. The predicted molar refractivity (Wildman–Crippen MR) is 217 cm³/mol. The minimum Gasteiger partial charge on any atom is -0.462 e. The van der Waals surface area contributed by atoms with Crippen LogP contribution in [0.4, 0.5) is 5.13 Å². The minimum absolute atomic E-state index is 0.00190. The van der Waals surface area contributed by atoms with Crippen molar-refractivity contribution in [3.8, 4) is 0 Å². The number of esters is 1. The lowest BCUT2D eigenvalue weighted by Gasteiger charge is -2.40. The highest BCUT2D eigenvalue weighted by Crippen LogP contribution is 2.62. The topological polar surface area (TPSA) is 161 Å². The summed E-state index contributed by atoms with van der Waals surface area (Å²) in [4.78, 5) is 36.9. The highest BCUT2D eigenvalue weighted by Gasteiger charge is 2.56. The van der Waals surface area contributed by atoms with Crippen molar-refractivity contribution in [3.63, 3.8) is 0 Å². The molecule has 0 spiro atoms. The van der Waals surface area contributed by atoms with E-state index in [-0.39, 0.29) is 78.3 Å². The number of Topliss-reactive ketones (excluding diaryl/α,β-unsaturated/α-hetero) is 1. The SMILES string of the molecule is CC[C@H]1CCC[C@H](O[C@H]2CC[C@H](N(C)C)C(C)O2)[C@@H](C)C(=O)C2=C[C@H]3[C@@H]4C[C@H](OC(O)C(OC)C(OC)C(OC)C(C)C)C[C@H]4c4sc(N)nc4[C@H]3[C@@H]2CC(=O)O1. The van der Waals surface area contributed by atoms with Crippen LogP contribution in [0.5, 0.6) is 0 Å². The van der Waals surface area contributed by atoms with Crippen LogP contribution >= 0.6 is 11.3 Å². The number of anilines is 1. The molecule has 5 aliphatic rings. The number of aliphatic hydroxyl groups is 1. The van der Waals surface area contributed by atoms with Crippen molar-refractivity contribution in [3.05, 3.63) is 22.2 Å². The number of hydrogen-bond donors (Lipinski definition) is 2. The number of aliphatic hydroxyl groups excluding tert-OH is 1. The van der Waals surface area contributed by atoms with Crippen molar-refractivity contribution in [1.29, 1.82) is 0 Å². The number of cyclic esters (lactones) is 1. The summed E-state index contributed by atoms with van der Waals surface area (Å²) in [7, 11) is 8.91. The van der Waals surface area contributed by atoms with Gasteiger partial charge in [-0.3, -0.25) is 9.59 Å². The highest BCUT2D eigenvalue weighted by atomic mass is 32.1. The van der Waals surface area contributed by atoms with Crippen LogP contribution in [0.15, 0.2) is 11.6 Å². The first-order valence-corrected chi connectivity index (χ1v) is 22.1. The van der Waals surface area contributed by atoms with E-state index >= 15 is 0 Å². The number of fused-ring (bicyclic) bond motifs is 8. The number of ether oxygens (including phenoxy) is 7. The van der Waals surface area contributed by atoms with Gasteiger partial charge in [0.05, 0.1) is 36.5 Å². The van der Waals surface area contributed by atoms with E-state index in [1.165, 1.54) is 18.4 Å². The first-order chi connectivity index (χ1) is 27.2. The van der Waals surface area contributed by atoms with Crippen molar-refractivity contribution >= 4 is 28.2 Å². The molecule has 0 bridgehead atoms. The molecule has 0 radical (unpaired) electrons. The average Bonchev–Trinajstić information content (AvgIpc) is 3.87. The van der Waals surface area contributed by atoms with Crippen LogP contribution < -0.4 is 5.73 Å². The average molecular weight is 820 g/mol. The normalized spacial score (nSPS) is 36.9. The van der Waals surface area contributed by atoms with Gasteiger partial charge in [0.1, 0.15) is 18.3 Å². The van der Waals surface area contributed by atoms with Crippen LogP contribution in [0.3, 0.4) is 0 Å².